The average molecular weight is 502 g/mol. The first kappa shape index (κ1) is 25.1. The summed E-state index contributed by atoms with van der Waals surface area (Å²) in [7, 11) is 0. The zero-order valence-corrected chi connectivity index (χ0v) is 20.8. The number of halogens is 1. The summed E-state index contributed by atoms with van der Waals surface area (Å²) in [6.07, 6.45) is 3.74. The summed E-state index contributed by atoms with van der Waals surface area (Å²) in [5.74, 6) is 0.123. The van der Waals surface area contributed by atoms with Crippen LogP contribution in [0.15, 0.2) is 77.7 Å². The fourth-order valence-corrected chi connectivity index (χ4v) is 4.27. The molecule has 0 fully saturated rings. The monoisotopic (exact) mass is 501 g/mol. The van der Waals surface area contributed by atoms with Crippen molar-refractivity contribution in [1.29, 1.82) is 0 Å². The molecule has 36 heavy (non-hydrogen) atoms. The number of pyridine rings is 1. The minimum Gasteiger partial charge on any atom is -0.384 e. The standard InChI is InChI=1S/C28H28ClN5O2/c1-19-21(14-15-26(30)33-19)16-32-27(35)18-34-25(22-11-5-6-12-23(22)29)17-31-24(28(34)36)13-7-10-20-8-3-2-4-9-20/h2-6,8-9,11-12,14-15,17H,7,10,13,16,18H2,1H3,(H2,30,33)(H,32,35). The number of hydrogen-bond donors (Lipinski definition) is 2. The number of carbonyl (C=O) groups excluding carboxylic acids is 1. The second kappa shape index (κ2) is 11.6. The van der Waals surface area contributed by atoms with Crippen LogP contribution >= 0.6 is 11.6 Å². The molecule has 0 saturated carbocycles. The van der Waals surface area contributed by atoms with Crippen molar-refractivity contribution in [3.8, 4) is 11.3 Å². The number of carbonyl (C=O) groups is 1. The molecule has 0 bridgehead atoms. The van der Waals surface area contributed by atoms with Crippen molar-refractivity contribution in [3.63, 3.8) is 0 Å². The SMILES string of the molecule is Cc1nc(N)ccc1CNC(=O)Cn1c(-c2ccccc2Cl)cnc(CCCc2ccccc2)c1=O. The van der Waals surface area contributed by atoms with Gasteiger partial charge < -0.3 is 11.1 Å². The fraction of sp³-hybridized carbons (Fsp3) is 0.214. The van der Waals surface area contributed by atoms with Gasteiger partial charge in [-0.3, -0.25) is 19.1 Å². The van der Waals surface area contributed by atoms with Gasteiger partial charge in [0, 0.05) is 22.8 Å². The van der Waals surface area contributed by atoms with Gasteiger partial charge in [0.25, 0.3) is 5.56 Å². The van der Waals surface area contributed by atoms with Gasteiger partial charge in [0.1, 0.15) is 18.1 Å². The van der Waals surface area contributed by atoms with Crippen LogP contribution in [-0.4, -0.2) is 20.4 Å². The lowest BCUT2D eigenvalue weighted by Gasteiger charge is -2.15. The number of nitrogens with one attached hydrogen (secondary N) is 1. The van der Waals surface area contributed by atoms with Crippen LogP contribution in [0.25, 0.3) is 11.3 Å². The lowest BCUT2D eigenvalue weighted by molar-refractivity contribution is -0.121. The van der Waals surface area contributed by atoms with Gasteiger partial charge in [-0.15, -0.1) is 0 Å². The molecule has 2 aromatic heterocycles. The summed E-state index contributed by atoms with van der Waals surface area (Å²) in [5.41, 5.74) is 9.80. The summed E-state index contributed by atoms with van der Waals surface area (Å²) < 4.78 is 1.45. The van der Waals surface area contributed by atoms with E-state index in [9.17, 15) is 9.59 Å². The van der Waals surface area contributed by atoms with Crippen LogP contribution in [0.2, 0.25) is 5.02 Å². The van der Waals surface area contributed by atoms with Crippen molar-refractivity contribution in [1.82, 2.24) is 19.9 Å². The van der Waals surface area contributed by atoms with E-state index in [0.29, 0.717) is 34.2 Å². The molecule has 8 heteroatoms. The van der Waals surface area contributed by atoms with Gasteiger partial charge in [0.2, 0.25) is 5.91 Å². The van der Waals surface area contributed by atoms with Crippen molar-refractivity contribution in [3.05, 3.63) is 111 Å². The van der Waals surface area contributed by atoms with Crippen molar-refractivity contribution in [2.45, 2.75) is 39.3 Å². The number of rotatable bonds is 9. The maximum Gasteiger partial charge on any atom is 0.273 e. The predicted molar refractivity (Wildman–Crippen MR) is 143 cm³/mol. The van der Waals surface area contributed by atoms with E-state index in [0.717, 1.165) is 24.1 Å². The minimum atomic E-state index is -0.303. The molecular formula is C28H28ClN5O2. The van der Waals surface area contributed by atoms with Gasteiger partial charge in [0.05, 0.1) is 11.9 Å². The van der Waals surface area contributed by atoms with E-state index in [1.54, 1.807) is 18.3 Å². The van der Waals surface area contributed by atoms with Gasteiger partial charge >= 0.3 is 0 Å². The molecule has 1 amide bonds. The van der Waals surface area contributed by atoms with Crippen LogP contribution in [0.5, 0.6) is 0 Å². The van der Waals surface area contributed by atoms with Gasteiger partial charge in [0.15, 0.2) is 0 Å². The van der Waals surface area contributed by atoms with E-state index < -0.39 is 0 Å². The molecule has 184 valence electrons. The Bertz CT molecular complexity index is 1420. The summed E-state index contributed by atoms with van der Waals surface area (Å²) in [4.78, 5) is 35.1. The second-order valence-electron chi connectivity index (χ2n) is 8.56. The van der Waals surface area contributed by atoms with E-state index in [-0.39, 0.29) is 24.6 Å². The van der Waals surface area contributed by atoms with Gasteiger partial charge in [-0.25, -0.2) is 4.98 Å². The number of amides is 1. The second-order valence-corrected chi connectivity index (χ2v) is 8.97. The predicted octanol–water partition coefficient (Wildman–Crippen LogP) is 4.34. The fourth-order valence-electron chi connectivity index (χ4n) is 4.04. The molecule has 0 unspecified atom stereocenters. The number of nitrogens with two attached hydrogens (primary N) is 1. The zero-order chi connectivity index (χ0) is 25.5. The molecule has 0 saturated heterocycles. The molecule has 0 aliphatic heterocycles. The van der Waals surface area contributed by atoms with Crippen LogP contribution in [0.4, 0.5) is 5.82 Å². The topological polar surface area (TPSA) is 103 Å². The van der Waals surface area contributed by atoms with E-state index in [2.05, 4.69) is 27.4 Å². The molecule has 4 aromatic rings. The molecule has 2 heterocycles. The Kier molecular flexibility index (Phi) is 8.13. The number of nitrogen functional groups attached to an aromatic ring is 1. The number of benzene rings is 2. The Morgan fingerprint density at radius 3 is 2.53 bits per heavy atom. The maximum atomic E-state index is 13.5. The Morgan fingerprint density at radius 1 is 1.03 bits per heavy atom. The van der Waals surface area contributed by atoms with Crippen molar-refractivity contribution >= 4 is 23.3 Å². The smallest absolute Gasteiger partial charge is 0.273 e. The van der Waals surface area contributed by atoms with Crippen molar-refractivity contribution in [2.24, 2.45) is 0 Å². The Labute approximate surface area is 215 Å². The summed E-state index contributed by atoms with van der Waals surface area (Å²) >= 11 is 6.42. The first-order valence-electron chi connectivity index (χ1n) is 11.8. The number of nitrogens with zero attached hydrogens (tertiary/aromatic N) is 3. The van der Waals surface area contributed by atoms with E-state index in [1.807, 2.05) is 49.4 Å². The van der Waals surface area contributed by atoms with E-state index in [4.69, 9.17) is 17.3 Å². The Morgan fingerprint density at radius 2 is 1.78 bits per heavy atom. The number of aryl methyl sites for hydroxylation is 3. The lowest BCUT2D eigenvalue weighted by atomic mass is 10.1. The van der Waals surface area contributed by atoms with Crippen LogP contribution < -0.4 is 16.6 Å². The molecule has 0 aliphatic carbocycles. The molecule has 4 rings (SSSR count). The van der Waals surface area contributed by atoms with Gasteiger partial charge in [-0.1, -0.05) is 66.2 Å². The highest BCUT2D eigenvalue weighted by atomic mass is 35.5. The van der Waals surface area contributed by atoms with Gasteiger partial charge in [-0.05, 0) is 49.4 Å². The third kappa shape index (κ3) is 6.17. The quantitative estimate of drug-likeness (QED) is 0.355. The summed E-state index contributed by atoms with van der Waals surface area (Å²) in [5, 5.41) is 3.36. The first-order valence-corrected chi connectivity index (χ1v) is 12.2. The molecule has 3 N–H and O–H groups in total. The van der Waals surface area contributed by atoms with E-state index >= 15 is 0 Å². The Balaban J connectivity index is 1.56. The number of hydrogen-bond acceptors (Lipinski definition) is 5. The average Bonchev–Trinajstić information content (AvgIpc) is 2.87. The maximum absolute atomic E-state index is 13.5. The normalized spacial score (nSPS) is 10.8. The molecule has 2 aromatic carbocycles. The third-order valence-corrected chi connectivity index (χ3v) is 6.32. The number of aromatic nitrogens is 3. The van der Waals surface area contributed by atoms with Crippen molar-refractivity contribution in [2.75, 3.05) is 5.73 Å². The highest BCUT2D eigenvalue weighted by Gasteiger charge is 2.17. The van der Waals surface area contributed by atoms with Crippen LogP contribution in [0.1, 0.15) is 28.9 Å². The number of anilines is 1. The first-order chi connectivity index (χ1) is 17.4. The summed E-state index contributed by atoms with van der Waals surface area (Å²) in [6, 6.07) is 20.8. The summed E-state index contributed by atoms with van der Waals surface area (Å²) in [6.45, 7) is 1.96. The molecule has 0 radical (unpaired) electrons. The molecule has 0 spiro atoms. The largest absolute Gasteiger partial charge is 0.384 e. The zero-order valence-electron chi connectivity index (χ0n) is 20.1. The van der Waals surface area contributed by atoms with Crippen LogP contribution in [0.3, 0.4) is 0 Å². The lowest BCUT2D eigenvalue weighted by Crippen LogP contribution is -2.35. The van der Waals surface area contributed by atoms with E-state index in [1.165, 1.54) is 10.1 Å². The third-order valence-electron chi connectivity index (χ3n) is 5.99. The molecular weight excluding hydrogens is 474 g/mol. The molecule has 7 nitrogen and oxygen atoms in total. The molecule has 0 atom stereocenters. The van der Waals surface area contributed by atoms with Gasteiger partial charge in [-0.2, -0.15) is 0 Å². The minimum absolute atomic E-state index is 0.158. The van der Waals surface area contributed by atoms with Crippen LogP contribution in [-0.2, 0) is 30.7 Å². The van der Waals surface area contributed by atoms with Crippen molar-refractivity contribution < 1.29 is 4.79 Å². The molecule has 0 aliphatic rings. The highest BCUT2D eigenvalue weighted by molar-refractivity contribution is 6.33. The van der Waals surface area contributed by atoms with Crippen LogP contribution in [0, 0.1) is 6.92 Å². The highest BCUT2D eigenvalue weighted by Crippen LogP contribution is 2.26. The Hall–Kier alpha value is -3.97.